The molecule has 0 aliphatic heterocycles. The van der Waals surface area contributed by atoms with Gasteiger partial charge in [0.05, 0.1) is 12.8 Å². The molecule has 5 nitrogen and oxygen atoms in total. The van der Waals surface area contributed by atoms with Crippen molar-refractivity contribution in [1.29, 1.82) is 0 Å². The number of carbonyl (C=O) groups excluding carboxylic acids is 1. The van der Waals surface area contributed by atoms with Crippen LogP contribution in [0.2, 0.25) is 0 Å². The molecule has 1 aromatic rings. The largest absolute Gasteiger partial charge is 0.383 e. The first-order valence-electron chi connectivity index (χ1n) is 4.30. The first kappa shape index (κ1) is 18.4. The molecule has 1 unspecified atom stereocenters. The van der Waals surface area contributed by atoms with E-state index in [1.54, 1.807) is 0 Å². The van der Waals surface area contributed by atoms with Crippen LogP contribution in [0.3, 0.4) is 0 Å². The van der Waals surface area contributed by atoms with E-state index in [1.165, 1.54) is 19.2 Å². The van der Waals surface area contributed by atoms with E-state index in [1.807, 2.05) is 0 Å². The van der Waals surface area contributed by atoms with Gasteiger partial charge in [0.15, 0.2) is 0 Å². The third-order valence-corrected chi connectivity index (χ3v) is 1.66. The monoisotopic (exact) mass is 285 g/mol. The second-order valence-electron chi connectivity index (χ2n) is 2.91. The van der Waals surface area contributed by atoms with Crippen LogP contribution in [0.1, 0.15) is 0 Å². The first-order valence-corrected chi connectivity index (χ1v) is 4.30. The molecular formula is C9H14Cl2FN3O2. The fourth-order valence-electron chi connectivity index (χ4n) is 0.924. The number of nitrogens with zero attached hydrogens (tertiary/aromatic N) is 1. The predicted octanol–water partition coefficient (Wildman–Crippen LogP) is 0.976. The molecular weight excluding hydrogens is 272 g/mol. The summed E-state index contributed by atoms with van der Waals surface area (Å²) in [4.78, 5) is 15.0. The van der Waals surface area contributed by atoms with E-state index in [9.17, 15) is 9.18 Å². The van der Waals surface area contributed by atoms with E-state index in [4.69, 9.17) is 10.5 Å². The Bertz CT molecular complexity index is 338. The standard InChI is InChI=1S/C9H12FN3O2.2ClH/c1-15-5-7(11)9(14)13-8-3-2-6(10)4-12-8;;/h2-4,7H,5,11H2,1H3,(H,12,13,14);2*1H. The molecule has 0 aromatic carbocycles. The van der Waals surface area contributed by atoms with Crippen molar-refractivity contribution in [3.8, 4) is 0 Å². The lowest BCUT2D eigenvalue weighted by molar-refractivity contribution is -0.118. The zero-order chi connectivity index (χ0) is 11.3. The molecule has 0 aliphatic carbocycles. The van der Waals surface area contributed by atoms with E-state index < -0.39 is 17.8 Å². The number of nitrogens with two attached hydrogens (primary N) is 1. The highest BCUT2D eigenvalue weighted by molar-refractivity contribution is 5.93. The summed E-state index contributed by atoms with van der Waals surface area (Å²) in [7, 11) is 1.45. The predicted molar refractivity (Wildman–Crippen MR) is 67.2 cm³/mol. The number of methoxy groups -OCH3 is 1. The van der Waals surface area contributed by atoms with Crippen molar-refractivity contribution < 1.29 is 13.9 Å². The molecule has 3 N–H and O–H groups in total. The highest BCUT2D eigenvalue weighted by Crippen LogP contribution is 2.03. The van der Waals surface area contributed by atoms with Crippen molar-refractivity contribution in [3.05, 3.63) is 24.1 Å². The summed E-state index contributed by atoms with van der Waals surface area (Å²) in [6.07, 6.45) is 1.01. The second-order valence-corrected chi connectivity index (χ2v) is 2.91. The van der Waals surface area contributed by atoms with Gasteiger partial charge in [0.1, 0.15) is 17.7 Å². The molecule has 0 radical (unpaired) electrons. The van der Waals surface area contributed by atoms with E-state index >= 15 is 0 Å². The van der Waals surface area contributed by atoms with Gasteiger partial charge >= 0.3 is 0 Å². The summed E-state index contributed by atoms with van der Waals surface area (Å²) in [5.74, 6) is -0.627. The van der Waals surface area contributed by atoms with E-state index in [-0.39, 0.29) is 37.2 Å². The van der Waals surface area contributed by atoms with Gasteiger partial charge in [-0.15, -0.1) is 24.8 Å². The van der Waals surface area contributed by atoms with Crippen LogP contribution in [0, 0.1) is 5.82 Å². The van der Waals surface area contributed by atoms with Crippen LogP contribution in [0.25, 0.3) is 0 Å². The lowest BCUT2D eigenvalue weighted by Crippen LogP contribution is -2.39. The number of anilines is 1. The molecule has 0 fully saturated rings. The Morgan fingerprint density at radius 3 is 2.71 bits per heavy atom. The van der Waals surface area contributed by atoms with Crippen LogP contribution in [0.15, 0.2) is 18.3 Å². The molecule has 1 rings (SSSR count). The summed E-state index contributed by atoms with van der Waals surface area (Å²) in [6, 6.07) is 1.79. The van der Waals surface area contributed by atoms with Crippen LogP contribution in [0.5, 0.6) is 0 Å². The molecule has 0 aliphatic rings. The van der Waals surface area contributed by atoms with Gasteiger partial charge in [-0.3, -0.25) is 4.79 Å². The van der Waals surface area contributed by atoms with Gasteiger partial charge in [0.2, 0.25) is 5.91 Å². The Labute approximate surface area is 111 Å². The molecule has 17 heavy (non-hydrogen) atoms. The Kier molecular flexibility index (Phi) is 9.88. The first-order chi connectivity index (χ1) is 7.13. The number of pyridine rings is 1. The van der Waals surface area contributed by atoms with Crippen molar-refractivity contribution in [3.63, 3.8) is 0 Å². The Morgan fingerprint density at radius 1 is 1.59 bits per heavy atom. The number of nitrogens with one attached hydrogen (secondary N) is 1. The topological polar surface area (TPSA) is 77.2 Å². The maximum Gasteiger partial charge on any atom is 0.244 e. The minimum atomic E-state index is -0.762. The molecule has 1 heterocycles. The zero-order valence-corrected chi connectivity index (χ0v) is 10.7. The molecule has 0 bridgehead atoms. The number of hydrogen-bond acceptors (Lipinski definition) is 4. The van der Waals surface area contributed by atoms with Gasteiger partial charge in [-0.25, -0.2) is 9.37 Å². The summed E-state index contributed by atoms with van der Waals surface area (Å²) in [5, 5.41) is 2.43. The lowest BCUT2D eigenvalue weighted by atomic mass is 10.3. The summed E-state index contributed by atoms with van der Waals surface area (Å²) in [5.41, 5.74) is 5.47. The SMILES string of the molecule is COCC(N)C(=O)Nc1ccc(F)cn1.Cl.Cl. The number of hydrogen-bond donors (Lipinski definition) is 2. The van der Waals surface area contributed by atoms with Crippen molar-refractivity contribution >= 4 is 36.5 Å². The van der Waals surface area contributed by atoms with Crippen molar-refractivity contribution in [2.45, 2.75) is 6.04 Å². The highest BCUT2D eigenvalue weighted by atomic mass is 35.5. The van der Waals surface area contributed by atoms with Crippen LogP contribution >= 0.6 is 24.8 Å². The smallest absolute Gasteiger partial charge is 0.244 e. The number of halogens is 3. The van der Waals surface area contributed by atoms with Gasteiger partial charge in [-0.1, -0.05) is 0 Å². The number of amides is 1. The van der Waals surface area contributed by atoms with Gasteiger partial charge in [0.25, 0.3) is 0 Å². The molecule has 1 atom stereocenters. The fraction of sp³-hybridized carbons (Fsp3) is 0.333. The lowest BCUT2D eigenvalue weighted by Gasteiger charge is -2.10. The molecule has 1 amide bonds. The molecule has 8 heteroatoms. The highest BCUT2D eigenvalue weighted by Gasteiger charge is 2.13. The fourth-order valence-corrected chi connectivity index (χ4v) is 0.924. The molecule has 0 saturated heterocycles. The molecule has 0 saturated carbocycles. The third kappa shape index (κ3) is 6.38. The average Bonchev–Trinajstić information content (AvgIpc) is 2.22. The number of aromatic nitrogens is 1. The van der Waals surface area contributed by atoms with E-state index in [0.29, 0.717) is 0 Å². The van der Waals surface area contributed by atoms with Crippen LogP contribution in [-0.4, -0.2) is 30.6 Å². The van der Waals surface area contributed by atoms with Crippen molar-refractivity contribution in [2.24, 2.45) is 5.73 Å². The van der Waals surface area contributed by atoms with Crippen LogP contribution in [-0.2, 0) is 9.53 Å². The van der Waals surface area contributed by atoms with Crippen LogP contribution < -0.4 is 11.1 Å². The summed E-state index contributed by atoms with van der Waals surface area (Å²) >= 11 is 0. The maximum atomic E-state index is 12.5. The van der Waals surface area contributed by atoms with Gasteiger partial charge in [-0.05, 0) is 12.1 Å². The zero-order valence-electron chi connectivity index (χ0n) is 9.05. The van der Waals surface area contributed by atoms with Gasteiger partial charge in [-0.2, -0.15) is 0 Å². The minimum Gasteiger partial charge on any atom is -0.383 e. The number of carbonyl (C=O) groups is 1. The number of rotatable bonds is 4. The molecule has 1 aromatic heterocycles. The summed E-state index contributed by atoms with van der Waals surface area (Å²) < 4.78 is 17.2. The Morgan fingerprint density at radius 2 is 2.24 bits per heavy atom. The minimum absolute atomic E-state index is 0. The Hall–Kier alpha value is -0.950. The van der Waals surface area contributed by atoms with Gasteiger partial charge < -0.3 is 15.8 Å². The maximum absolute atomic E-state index is 12.5. The van der Waals surface area contributed by atoms with Crippen molar-refractivity contribution in [2.75, 3.05) is 19.0 Å². The Balaban J connectivity index is 0. The summed E-state index contributed by atoms with van der Waals surface area (Å²) in [6.45, 7) is 0.118. The number of ether oxygens (including phenoxy) is 1. The quantitative estimate of drug-likeness (QED) is 0.865. The molecule has 98 valence electrons. The van der Waals surface area contributed by atoms with Crippen molar-refractivity contribution in [1.82, 2.24) is 4.98 Å². The van der Waals surface area contributed by atoms with Gasteiger partial charge in [0, 0.05) is 7.11 Å². The second kappa shape index (κ2) is 9.12. The normalized spacial score (nSPS) is 10.8. The van der Waals surface area contributed by atoms with E-state index in [2.05, 4.69) is 10.3 Å². The third-order valence-electron chi connectivity index (χ3n) is 1.66. The van der Waals surface area contributed by atoms with E-state index in [0.717, 1.165) is 6.20 Å². The molecule has 0 spiro atoms. The van der Waals surface area contributed by atoms with Crippen LogP contribution in [0.4, 0.5) is 10.2 Å². The average molecular weight is 286 g/mol.